The van der Waals surface area contributed by atoms with Crippen LogP contribution in [0.3, 0.4) is 0 Å². The number of amides is 1. The van der Waals surface area contributed by atoms with Crippen LogP contribution in [0, 0.1) is 6.92 Å². The first-order chi connectivity index (χ1) is 15.1. The summed E-state index contributed by atoms with van der Waals surface area (Å²) in [6.07, 6.45) is 0. The van der Waals surface area contributed by atoms with E-state index in [1.807, 2.05) is 55.5 Å². The van der Waals surface area contributed by atoms with Gasteiger partial charge in [-0.15, -0.1) is 0 Å². The molecule has 0 atom stereocenters. The van der Waals surface area contributed by atoms with Crippen LogP contribution in [0.2, 0.25) is 0 Å². The highest BCUT2D eigenvalue weighted by molar-refractivity contribution is 6.24. The van der Waals surface area contributed by atoms with Crippen molar-refractivity contribution in [1.82, 2.24) is 5.43 Å². The Morgan fingerprint density at radius 3 is 2.26 bits per heavy atom. The zero-order valence-corrected chi connectivity index (χ0v) is 16.7. The Kier molecular flexibility index (Phi) is 4.59. The molecule has 0 saturated heterocycles. The first-order valence-corrected chi connectivity index (χ1v) is 9.83. The number of carbonyl (C=O) groups is 1. The van der Waals surface area contributed by atoms with Gasteiger partial charge in [0.25, 0.3) is 5.91 Å². The van der Waals surface area contributed by atoms with Gasteiger partial charge in [-0.05, 0) is 35.7 Å². The van der Waals surface area contributed by atoms with Crippen molar-refractivity contribution >= 4 is 22.6 Å². The van der Waals surface area contributed by atoms with Crippen molar-refractivity contribution in [3.8, 4) is 16.9 Å². The van der Waals surface area contributed by atoms with Crippen LogP contribution in [-0.2, 0) is 4.79 Å². The Hall–Kier alpha value is -4.19. The lowest BCUT2D eigenvalue weighted by atomic mass is 10.1. The van der Waals surface area contributed by atoms with E-state index in [2.05, 4.69) is 10.5 Å². The molecule has 4 aromatic rings. The summed E-state index contributed by atoms with van der Waals surface area (Å²) in [6.45, 7) is 1.62. The summed E-state index contributed by atoms with van der Waals surface area (Å²) >= 11 is 0. The van der Waals surface area contributed by atoms with Gasteiger partial charge in [0, 0.05) is 28.6 Å². The average Bonchev–Trinajstić information content (AvgIpc) is 3.09. The predicted octanol–water partition coefficient (Wildman–Crippen LogP) is 4.03. The maximum Gasteiger partial charge on any atom is 0.336 e. The first kappa shape index (κ1) is 18.8. The van der Waals surface area contributed by atoms with Crippen molar-refractivity contribution in [2.45, 2.75) is 6.92 Å². The third-order valence-electron chi connectivity index (χ3n) is 5.24. The van der Waals surface area contributed by atoms with E-state index >= 15 is 0 Å². The Labute approximate surface area is 177 Å². The molecule has 1 aromatic heterocycles. The third kappa shape index (κ3) is 3.48. The van der Waals surface area contributed by atoms with E-state index in [9.17, 15) is 9.59 Å². The zero-order chi connectivity index (χ0) is 21.4. The molecule has 5 rings (SSSR count). The van der Waals surface area contributed by atoms with E-state index in [0.29, 0.717) is 11.3 Å². The summed E-state index contributed by atoms with van der Waals surface area (Å²) in [5, 5.41) is 5.19. The number of hydrazone groups is 1. The molecule has 1 heterocycles. The highest BCUT2D eigenvalue weighted by Crippen LogP contribution is 2.36. The van der Waals surface area contributed by atoms with E-state index < -0.39 is 5.63 Å². The molecule has 3 aromatic carbocycles. The van der Waals surface area contributed by atoms with E-state index in [1.165, 1.54) is 6.07 Å². The Bertz CT molecular complexity index is 1370. The lowest BCUT2D eigenvalue weighted by Gasteiger charge is -2.07. The second kappa shape index (κ2) is 7.57. The minimum Gasteiger partial charge on any atom is -0.484 e. The van der Waals surface area contributed by atoms with E-state index in [1.54, 1.807) is 18.2 Å². The van der Waals surface area contributed by atoms with Gasteiger partial charge in [-0.2, -0.15) is 5.10 Å². The van der Waals surface area contributed by atoms with Gasteiger partial charge < -0.3 is 9.15 Å². The quantitative estimate of drug-likeness (QED) is 0.358. The van der Waals surface area contributed by atoms with Gasteiger partial charge in [0.15, 0.2) is 6.61 Å². The molecule has 1 aliphatic rings. The standard InChI is InChI=1S/C25H18N2O4/c1-15-12-24(29)31-22-13-16(10-11-17(15)22)30-14-23(28)26-27-25-20-8-4-2-6-18(20)19-7-3-5-9-21(19)25/h2-13H,14H2,1H3,(H,26,28). The van der Waals surface area contributed by atoms with Crippen molar-refractivity contribution in [2.75, 3.05) is 6.61 Å². The molecule has 0 aliphatic heterocycles. The first-order valence-electron chi connectivity index (χ1n) is 9.83. The van der Waals surface area contributed by atoms with Crippen LogP contribution in [0.15, 0.2) is 87.1 Å². The van der Waals surface area contributed by atoms with Gasteiger partial charge in [0.2, 0.25) is 0 Å². The minimum atomic E-state index is -0.423. The van der Waals surface area contributed by atoms with Crippen molar-refractivity contribution in [1.29, 1.82) is 0 Å². The Balaban J connectivity index is 1.32. The van der Waals surface area contributed by atoms with Crippen molar-refractivity contribution in [3.63, 3.8) is 0 Å². The van der Waals surface area contributed by atoms with Crippen LogP contribution < -0.4 is 15.8 Å². The molecule has 0 radical (unpaired) electrons. The maximum absolute atomic E-state index is 12.4. The number of ether oxygens (including phenoxy) is 1. The maximum atomic E-state index is 12.4. The highest BCUT2D eigenvalue weighted by Gasteiger charge is 2.24. The summed E-state index contributed by atoms with van der Waals surface area (Å²) in [4.78, 5) is 23.9. The molecule has 6 nitrogen and oxygen atoms in total. The fourth-order valence-electron chi connectivity index (χ4n) is 3.81. The molecule has 152 valence electrons. The van der Waals surface area contributed by atoms with Crippen LogP contribution in [0.1, 0.15) is 16.7 Å². The van der Waals surface area contributed by atoms with Crippen LogP contribution in [-0.4, -0.2) is 18.2 Å². The van der Waals surface area contributed by atoms with Crippen LogP contribution in [0.4, 0.5) is 0 Å². The normalized spacial score (nSPS) is 11.7. The average molecular weight is 410 g/mol. The molecule has 0 bridgehead atoms. The van der Waals surface area contributed by atoms with Crippen molar-refractivity contribution < 1.29 is 13.9 Å². The number of rotatable bonds is 4. The Morgan fingerprint density at radius 1 is 0.935 bits per heavy atom. The van der Waals surface area contributed by atoms with Crippen LogP contribution >= 0.6 is 0 Å². The summed E-state index contributed by atoms with van der Waals surface area (Å²) in [7, 11) is 0. The fraction of sp³-hybridized carbons (Fsp3) is 0.0800. The molecule has 31 heavy (non-hydrogen) atoms. The van der Waals surface area contributed by atoms with Gasteiger partial charge >= 0.3 is 5.63 Å². The topological polar surface area (TPSA) is 80.9 Å². The number of hydrogen-bond donors (Lipinski definition) is 1. The largest absolute Gasteiger partial charge is 0.484 e. The summed E-state index contributed by atoms with van der Waals surface area (Å²) in [5.74, 6) is 0.0424. The smallest absolute Gasteiger partial charge is 0.336 e. The number of nitrogens with one attached hydrogen (secondary N) is 1. The Morgan fingerprint density at radius 2 is 1.58 bits per heavy atom. The van der Waals surface area contributed by atoms with Crippen LogP contribution in [0.25, 0.3) is 22.1 Å². The molecule has 0 saturated carbocycles. The van der Waals surface area contributed by atoms with Gasteiger partial charge in [0.1, 0.15) is 11.3 Å². The fourth-order valence-corrected chi connectivity index (χ4v) is 3.81. The molecular formula is C25H18N2O4. The minimum absolute atomic E-state index is 0.221. The molecule has 1 amide bonds. The second-order valence-corrected chi connectivity index (χ2v) is 7.28. The van der Waals surface area contributed by atoms with Crippen molar-refractivity contribution in [2.24, 2.45) is 5.10 Å². The van der Waals surface area contributed by atoms with E-state index in [0.717, 1.165) is 38.9 Å². The molecule has 0 fully saturated rings. The van der Waals surface area contributed by atoms with Gasteiger partial charge in [0.05, 0.1) is 5.71 Å². The molecule has 6 heteroatoms. The van der Waals surface area contributed by atoms with Gasteiger partial charge in [-0.25, -0.2) is 10.2 Å². The van der Waals surface area contributed by atoms with Crippen LogP contribution in [0.5, 0.6) is 5.75 Å². The molecule has 1 aliphatic carbocycles. The third-order valence-corrected chi connectivity index (χ3v) is 5.24. The summed E-state index contributed by atoms with van der Waals surface area (Å²) in [5.41, 5.74) is 8.26. The van der Waals surface area contributed by atoms with Gasteiger partial charge in [-0.1, -0.05) is 48.5 Å². The number of carbonyl (C=O) groups excluding carboxylic acids is 1. The van der Waals surface area contributed by atoms with E-state index in [-0.39, 0.29) is 12.5 Å². The molecular weight excluding hydrogens is 392 g/mol. The number of benzene rings is 3. The molecule has 0 spiro atoms. The lowest BCUT2D eigenvalue weighted by molar-refractivity contribution is -0.123. The zero-order valence-electron chi connectivity index (χ0n) is 16.7. The predicted molar refractivity (Wildman–Crippen MR) is 118 cm³/mol. The SMILES string of the molecule is Cc1cc(=O)oc2cc(OCC(=O)NN=C3c4ccccc4-c4ccccc43)ccc12. The monoisotopic (exact) mass is 410 g/mol. The number of fused-ring (bicyclic) bond motifs is 4. The number of hydrogen-bond acceptors (Lipinski definition) is 5. The summed E-state index contributed by atoms with van der Waals surface area (Å²) in [6, 6.07) is 22.5. The summed E-state index contributed by atoms with van der Waals surface area (Å²) < 4.78 is 10.8. The van der Waals surface area contributed by atoms with Gasteiger partial charge in [-0.3, -0.25) is 4.79 Å². The lowest BCUT2D eigenvalue weighted by Crippen LogP contribution is -2.26. The molecule has 0 unspecified atom stereocenters. The number of aryl methyl sites for hydroxylation is 1. The van der Waals surface area contributed by atoms with E-state index in [4.69, 9.17) is 9.15 Å². The second-order valence-electron chi connectivity index (χ2n) is 7.28. The number of nitrogens with zero attached hydrogens (tertiary/aromatic N) is 1. The highest BCUT2D eigenvalue weighted by atomic mass is 16.5. The molecule has 1 N–H and O–H groups in total. The van der Waals surface area contributed by atoms with Crippen molar-refractivity contribution in [3.05, 3.63) is 99.9 Å².